The van der Waals surface area contributed by atoms with Crippen molar-refractivity contribution in [3.63, 3.8) is 0 Å². The van der Waals surface area contributed by atoms with Crippen molar-refractivity contribution in [2.45, 2.75) is 25.0 Å². The Kier molecular flexibility index (Phi) is 11.4. The Morgan fingerprint density at radius 1 is 1.48 bits per heavy atom. The van der Waals surface area contributed by atoms with Gasteiger partial charge in [-0.3, -0.25) is 9.69 Å². The number of hydrogen-bond acceptors (Lipinski definition) is 5. The summed E-state index contributed by atoms with van der Waals surface area (Å²) in [4.78, 5) is 14.3. The van der Waals surface area contributed by atoms with Crippen LogP contribution in [0, 0.1) is 0 Å². The second kappa shape index (κ2) is 11.5. The molecule has 21 heavy (non-hydrogen) atoms. The fraction of sp³-hybridized carbons (Fsp3) is 0.923. The molecule has 2 fully saturated rings. The molecule has 2 unspecified atom stereocenters. The van der Waals surface area contributed by atoms with Gasteiger partial charge in [0.15, 0.2) is 0 Å². The highest BCUT2D eigenvalue weighted by molar-refractivity contribution is 5.85. The third kappa shape index (κ3) is 6.67. The molecule has 2 rings (SSSR count). The predicted octanol–water partition coefficient (Wildman–Crippen LogP) is 0.0454. The lowest BCUT2D eigenvalue weighted by Crippen LogP contribution is -2.50. The molecule has 0 aromatic rings. The highest BCUT2D eigenvalue weighted by Crippen LogP contribution is 2.15. The van der Waals surface area contributed by atoms with Crippen LogP contribution in [0.4, 0.5) is 0 Å². The summed E-state index contributed by atoms with van der Waals surface area (Å²) in [6.07, 6.45) is 2.02. The minimum Gasteiger partial charge on any atom is -0.383 e. The maximum Gasteiger partial charge on any atom is 0.250 e. The number of morpholine rings is 1. The fourth-order valence-electron chi connectivity index (χ4n) is 2.70. The largest absolute Gasteiger partial charge is 0.383 e. The summed E-state index contributed by atoms with van der Waals surface area (Å²) in [7, 11) is 1.72. The van der Waals surface area contributed by atoms with Crippen LogP contribution < -0.4 is 10.6 Å². The molecule has 6 nitrogen and oxygen atoms in total. The summed E-state index contributed by atoms with van der Waals surface area (Å²) in [5, 5.41) is 6.18. The number of halogens is 2. The number of amides is 1. The van der Waals surface area contributed by atoms with E-state index in [1.54, 1.807) is 7.11 Å². The molecule has 0 spiro atoms. The van der Waals surface area contributed by atoms with Gasteiger partial charge in [0.2, 0.25) is 0 Å². The molecule has 0 saturated carbocycles. The lowest BCUT2D eigenvalue weighted by molar-refractivity contribution is -0.134. The smallest absolute Gasteiger partial charge is 0.250 e. The molecule has 0 aromatic heterocycles. The Morgan fingerprint density at radius 2 is 2.29 bits per heavy atom. The SMILES string of the molecule is COCCN1CCCC1CNC(=O)C1CNCCO1.Cl.Cl. The number of likely N-dealkylation sites (tertiary alicyclic amines) is 1. The van der Waals surface area contributed by atoms with Crippen molar-refractivity contribution in [2.75, 3.05) is 53.0 Å². The van der Waals surface area contributed by atoms with Crippen molar-refractivity contribution in [1.82, 2.24) is 15.5 Å². The molecular weight excluding hydrogens is 317 g/mol. The van der Waals surface area contributed by atoms with E-state index in [4.69, 9.17) is 9.47 Å². The van der Waals surface area contributed by atoms with Crippen LogP contribution in [0.2, 0.25) is 0 Å². The molecule has 0 aromatic carbocycles. The van der Waals surface area contributed by atoms with E-state index in [0.717, 1.165) is 32.7 Å². The van der Waals surface area contributed by atoms with Gasteiger partial charge in [0.1, 0.15) is 6.10 Å². The number of methoxy groups -OCH3 is 1. The normalized spacial score (nSPS) is 25.8. The van der Waals surface area contributed by atoms with E-state index in [9.17, 15) is 4.79 Å². The van der Waals surface area contributed by atoms with Crippen molar-refractivity contribution >= 4 is 30.7 Å². The molecule has 0 aliphatic carbocycles. The number of nitrogens with one attached hydrogen (secondary N) is 2. The number of hydrogen-bond donors (Lipinski definition) is 2. The van der Waals surface area contributed by atoms with Gasteiger partial charge in [0.05, 0.1) is 13.2 Å². The molecule has 2 aliphatic heterocycles. The van der Waals surface area contributed by atoms with Crippen LogP contribution in [-0.2, 0) is 14.3 Å². The number of carbonyl (C=O) groups excluding carboxylic acids is 1. The first-order valence-corrected chi connectivity index (χ1v) is 7.14. The number of rotatable bonds is 6. The van der Waals surface area contributed by atoms with Gasteiger partial charge >= 0.3 is 0 Å². The van der Waals surface area contributed by atoms with E-state index in [0.29, 0.717) is 25.7 Å². The van der Waals surface area contributed by atoms with Gasteiger partial charge < -0.3 is 20.1 Å². The zero-order chi connectivity index (χ0) is 13.5. The first-order chi connectivity index (χ1) is 9.31. The van der Waals surface area contributed by atoms with Gasteiger partial charge in [-0.05, 0) is 19.4 Å². The Balaban J connectivity index is 0.00000200. The quantitative estimate of drug-likeness (QED) is 0.713. The monoisotopic (exact) mass is 343 g/mol. The van der Waals surface area contributed by atoms with E-state index >= 15 is 0 Å². The van der Waals surface area contributed by atoms with Gasteiger partial charge in [-0.15, -0.1) is 24.8 Å². The molecule has 2 heterocycles. The fourth-order valence-corrected chi connectivity index (χ4v) is 2.70. The summed E-state index contributed by atoms with van der Waals surface area (Å²) >= 11 is 0. The van der Waals surface area contributed by atoms with Crippen LogP contribution >= 0.6 is 24.8 Å². The molecule has 2 N–H and O–H groups in total. The zero-order valence-electron chi connectivity index (χ0n) is 12.5. The summed E-state index contributed by atoms with van der Waals surface area (Å²) in [6.45, 7) is 5.56. The third-order valence-electron chi connectivity index (χ3n) is 3.81. The predicted molar refractivity (Wildman–Crippen MR) is 86.6 cm³/mol. The minimum absolute atomic E-state index is 0. The van der Waals surface area contributed by atoms with E-state index in [-0.39, 0.29) is 36.8 Å². The lowest BCUT2D eigenvalue weighted by Gasteiger charge is -2.26. The Labute approximate surface area is 139 Å². The van der Waals surface area contributed by atoms with Crippen LogP contribution in [0.3, 0.4) is 0 Å². The second-order valence-corrected chi connectivity index (χ2v) is 5.13. The van der Waals surface area contributed by atoms with E-state index < -0.39 is 0 Å². The van der Waals surface area contributed by atoms with Gasteiger partial charge in [-0.2, -0.15) is 0 Å². The molecule has 0 bridgehead atoms. The van der Waals surface area contributed by atoms with Crippen molar-refractivity contribution in [2.24, 2.45) is 0 Å². The van der Waals surface area contributed by atoms with Crippen LogP contribution in [-0.4, -0.2) is 76.0 Å². The molecule has 2 saturated heterocycles. The van der Waals surface area contributed by atoms with Crippen molar-refractivity contribution in [3.05, 3.63) is 0 Å². The van der Waals surface area contributed by atoms with Crippen molar-refractivity contribution in [3.8, 4) is 0 Å². The summed E-state index contributed by atoms with van der Waals surface area (Å²) in [6, 6.07) is 0.440. The third-order valence-corrected chi connectivity index (χ3v) is 3.81. The highest BCUT2D eigenvalue weighted by Gasteiger charge is 2.26. The number of nitrogens with zero attached hydrogens (tertiary/aromatic N) is 1. The molecule has 126 valence electrons. The van der Waals surface area contributed by atoms with Crippen LogP contribution in [0.25, 0.3) is 0 Å². The van der Waals surface area contributed by atoms with Gasteiger partial charge in [0.25, 0.3) is 5.91 Å². The minimum atomic E-state index is -0.331. The van der Waals surface area contributed by atoms with E-state index in [2.05, 4.69) is 15.5 Å². The Morgan fingerprint density at radius 3 is 2.95 bits per heavy atom. The van der Waals surface area contributed by atoms with Crippen LogP contribution in [0.5, 0.6) is 0 Å². The van der Waals surface area contributed by atoms with Crippen LogP contribution in [0.1, 0.15) is 12.8 Å². The van der Waals surface area contributed by atoms with E-state index in [1.807, 2.05) is 0 Å². The molecule has 0 radical (unpaired) electrons. The molecule has 1 amide bonds. The first kappa shape index (κ1) is 20.9. The lowest BCUT2D eigenvalue weighted by atomic mass is 10.2. The van der Waals surface area contributed by atoms with Gasteiger partial charge in [-0.1, -0.05) is 0 Å². The molecular formula is C13H27Cl2N3O3. The van der Waals surface area contributed by atoms with Crippen LogP contribution in [0.15, 0.2) is 0 Å². The number of carbonyl (C=O) groups is 1. The van der Waals surface area contributed by atoms with E-state index in [1.165, 1.54) is 6.42 Å². The standard InChI is InChI=1S/C13H25N3O3.2ClH/c1-18-8-6-16-5-2-3-11(16)9-15-13(17)12-10-14-4-7-19-12;;/h11-12,14H,2-10H2,1H3,(H,15,17);2*1H. The summed E-state index contributed by atoms with van der Waals surface area (Å²) in [5.74, 6) is 0.00536. The van der Waals surface area contributed by atoms with Crippen molar-refractivity contribution in [1.29, 1.82) is 0 Å². The average molecular weight is 344 g/mol. The zero-order valence-corrected chi connectivity index (χ0v) is 14.1. The number of ether oxygens (including phenoxy) is 2. The highest BCUT2D eigenvalue weighted by atomic mass is 35.5. The summed E-state index contributed by atoms with van der Waals surface area (Å²) < 4.78 is 10.6. The Bertz CT molecular complexity index is 292. The molecule has 2 aliphatic rings. The van der Waals surface area contributed by atoms with Gasteiger partial charge in [-0.25, -0.2) is 0 Å². The maximum absolute atomic E-state index is 12.0. The van der Waals surface area contributed by atoms with Gasteiger partial charge in [0, 0.05) is 39.3 Å². The summed E-state index contributed by atoms with van der Waals surface area (Å²) in [5.41, 5.74) is 0. The Hall–Kier alpha value is -0.110. The maximum atomic E-state index is 12.0. The molecule has 2 atom stereocenters. The first-order valence-electron chi connectivity index (χ1n) is 7.14. The van der Waals surface area contributed by atoms with Crippen molar-refractivity contribution < 1.29 is 14.3 Å². The molecule has 8 heteroatoms. The topological polar surface area (TPSA) is 62.8 Å². The second-order valence-electron chi connectivity index (χ2n) is 5.13. The average Bonchev–Trinajstić information content (AvgIpc) is 2.91.